The predicted octanol–water partition coefficient (Wildman–Crippen LogP) is -0.279. The second kappa shape index (κ2) is 4.23. The normalized spacial score (nSPS) is 9.46. The van der Waals surface area contributed by atoms with Crippen LogP contribution in [0.5, 0.6) is 0 Å². The Kier molecular flexibility index (Phi) is 3.25. The molecular weight excluding hydrogens is 168 g/mol. The third kappa shape index (κ3) is 2.69. The van der Waals surface area contributed by atoms with Gasteiger partial charge in [-0.2, -0.15) is 0 Å². The molecule has 0 aliphatic heterocycles. The van der Waals surface area contributed by atoms with Gasteiger partial charge in [0, 0.05) is 0 Å². The number of hydrogen-bond acceptors (Lipinski definition) is 4. The van der Waals surface area contributed by atoms with Gasteiger partial charge >= 0.3 is 76.7 Å². The molecule has 0 saturated heterocycles. The van der Waals surface area contributed by atoms with Crippen molar-refractivity contribution in [3.05, 3.63) is 11.8 Å². The van der Waals surface area contributed by atoms with Crippen molar-refractivity contribution in [1.82, 2.24) is 9.78 Å². The Morgan fingerprint density at radius 1 is 1.85 bits per heavy atom. The Hall–Kier alpha value is -1.10. The Morgan fingerprint density at radius 3 is 3.08 bits per heavy atom. The van der Waals surface area contributed by atoms with Gasteiger partial charge in [-0.3, -0.25) is 0 Å². The molecule has 2 N–H and O–H groups in total. The van der Waals surface area contributed by atoms with Crippen molar-refractivity contribution in [2.24, 2.45) is 0 Å². The van der Waals surface area contributed by atoms with Gasteiger partial charge < -0.3 is 0 Å². The Morgan fingerprint density at radius 2 is 2.54 bits per heavy atom. The molecule has 0 unspecified atom stereocenters. The monoisotopic (exact) mass is 179 g/mol. The summed E-state index contributed by atoms with van der Waals surface area (Å²) in [6, 6.07) is 1.77. The minimum absolute atomic E-state index is 0.243. The molecule has 5 nitrogen and oxygen atoms in total. The second-order valence-corrected chi connectivity index (χ2v) is 2.84. The van der Waals surface area contributed by atoms with E-state index in [4.69, 9.17) is 5.02 Å². The number of nitrogens with zero attached hydrogens (tertiary/aromatic N) is 2. The van der Waals surface area contributed by atoms with Crippen molar-refractivity contribution in [2.75, 3.05) is 5.23 Å². The zero-order chi connectivity index (χ0) is 9.84. The van der Waals surface area contributed by atoms with E-state index in [1.54, 1.807) is 17.6 Å². The molecule has 1 heterocycles. The van der Waals surface area contributed by atoms with Crippen molar-refractivity contribution in [1.29, 1.82) is 0 Å². The molecule has 7 heteroatoms. The van der Waals surface area contributed by atoms with Gasteiger partial charge in [0.2, 0.25) is 0 Å². The van der Waals surface area contributed by atoms with Gasteiger partial charge in [-0.25, -0.2) is 0 Å². The molecule has 0 aromatic carbocycles. The van der Waals surface area contributed by atoms with Gasteiger partial charge in [-0.15, -0.1) is 0 Å². The third-order valence-corrected chi connectivity index (χ3v) is 1.59. The van der Waals surface area contributed by atoms with E-state index in [0.29, 0.717) is 5.82 Å². The van der Waals surface area contributed by atoms with E-state index in [1.807, 2.05) is 6.92 Å². The van der Waals surface area contributed by atoms with Crippen molar-refractivity contribution < 1.29 is 9.73 Å². The third-order valence-electron chi connectivity index (χ3n) is 1.59. The minimum atomic E-state index is -0.640. The van der Waals surface area contributed by atoms with Crippen LogP contribution in [0.2, 0.25) is 6.82 Å². The van der Waals surface area contributed by atoms with E-state index in [1.165, 1.54) is 0 Å². The average Bonchev–Trinajstić information content (AvgIpc) is 2.31. The van der Waals surface area contributed by atoms with Gasteiger partial charge in [0.15, 0.2) is 0 Å². The summed E-state index contributed by atoms with van der Waals surface area (Å²) in [5.74, 6) is 0.578. The van der Waals surface area contributed by atoms with Crippen LogP contribution in [0.1, 0.15) is 5.69 Å². The standard InChI is InChI=1S/C6H11B2N3O2/c1-5-3-6(9-8(2)13)10-11(5)4-7-12/h3,13H,4H2,1-2H3,(H,9,10). The van der Waals surface area contributed by atoms with Gasteiger partial charge in [-0.05, 0) is 0 Å². The first-order valence-electron chi connectivity index (χ1n) is 4.06. The van der Waals surface area contributed by atoms with Crippen LogP contribution in [-0.2, 0) is 11.1 Å². The molecule has 0 aliphatic carbocycles. The summed E-state index contributed by atoms with van der Waals surface area (Å²) in [5, 5.41) is 15.8. The van der Waals surface area contributed by atoms with Crippen LogP contribution < -0.4 is 5.23 Å². The molecular formula is C6H11B2N3O2. The van der Waals surface area contributed by atoms with Crippen LogP contribution >= 0.6 is 0 Å². The maximum atomic E-state index is 10.2. The molecule has 1 aromatic heterocycles. The topological polar surface area (TPSA) is 67.2 Å². The van der Waals surface area contributed by atoms with Crippen LogP contribution in [0.3, 0.4) is 0 Å². The number of anilines is 1. The van der Waals surface area contributed by atoms with Gasteiger partial charge in [-0.1, -0.05) is 0 Å². The van der Waals surface area contributed by atoms with Crippen LogP contribution in [0.4, 0.5) is 5.82 Å². The first-order chi connectivity index (χ1) is 6.13. The quantitative estimate of drug-likeness (QED) is 0.623. The van der Waals surface area contributed by atoms with E-state index in [0.717, 1.165) is 12.8 Å². The van der Waals surface area contributed by atoms with E-state index in [9.17, 15) is 4.70 Å². The summed E-state index contributed by atoms with van der Waals surface area (Å²) in [6.07, 6.45) is 0.243. The molecule has 0 spiro atoms. The Balaban J connectivity index is 2.75. The SMILES string of the molecule is CB(O)Nc1cc(C)n(CB=O)n1. The van der Waals surface area contributed by atoms with Crippen molar-refractivity contribution in [2.45, 2.75) is 20.2 Å². The zero-order valence-electron chi connectivity index (χ0n) is 7.69. The second-order valence-electron chi connectivity index (χ2n) is 2.84. The molecule has 13 heavy (non-hydrogen) atoms. The van der Waals surface area contributed by atoms with Crippen molar-refractivity contribution in [3.63, 3.8) is 0 Å². The van der Waals surface area contributed by atoms with E-state index < -0.39 is 7.05 Å². The summed E-state index contributed by atoms with van der Waals surface area (Å²) in [5.41, 5.74) is 0.884. The maximum absolute atomic E-state index is 10.2. The molecule has 0 bridgehead atoms. The van der Waals surface area contributed by atoms with Gasteiger partial charge in [0.05, 0.1) is 0 Å². The van der Waals surface area contributed by atoms with E-state index >= 15 is 0 Å². The van der Waals surface area contributed by atoms with Gasteiger partial charge in [0.1, 0.15) is 0 Å². The summed E-state index contributed by atoms with van der Waals surface area (Å²) >= 11 is 0. The summed E-state index contributed by atoms with van der Waals surface area (Å²) in [6.45, 7) is 3.46. The molecule has 1 aromatic rings. The zero-order valence-corrected chi connectivity index (χ0v) is 7.69. The number of aryl methyl sites for hydroxylation is 1. The number of hydrogen-bond donors (Lipinski definition) is 2. The summed E-state index contributed by atoms with van der Waals surface area (Å²) in [4.78, 5) is 0. The number of rotatable bonds is 4. The van der Waals surface area contributed by atoms with Crippen molar-refractivity contribution >= 4 is 20.0 Å². The predicted molar refractivity (Wildman–Crippen MR) is 50.9 cm³/mol. The summed E-state index contributed by atoms with van der Waals surface area (Å²) in [7, 11) is 0.144. The molecule has 0 saturated carbocycles. The first kappa shape index (κ1) is 9.98. The van der Waals surface area contributed by atoms with E-state index in [-0.39, 0.29) is 6.44 Å². The van der Waals surface area contributed by atoms with E-state index in [2.05, 4.69) is 10.3 Å². The molecule has 0 atom stereocenters. The fraction of sp³-hybridized carbons (Fsp3) is 0.500. The number of aromatic nitrogens is 2. The average molecular weight is 179 g/mol. The molecule has 0 amide bonds. The van der Waals surface area contributed by atoms with Gasteiger partial charge in [0.25, 0.3) is 0 Å². The molecule has 0 aliphatic rings. The van der Waals surface area contributed by atoms with Crippen molar-refractivity contribution in [3.8, 4) is 0 Å². The number of nitrogens with one attached hydrogen (secondary N) is 1. The van der Waals surface area contributed by atoms with Crippen LogP contribution in [-0.4, -0.2) is 29.0 Å². The fourth-order valence-electron chi connectivity index (χ4n) is 1.05. The van der Waals surface area contributed by atoms with Crippen LogP contribution in [0.25, 0.3) is 0 Å². The summed E-state index contributed by atoms with van der Waals surface area (Å²) < 4.78 is 11.8. The molecule has 1 rings (SSSR count). The van der Waals surface area contributed by atoms with Crippen LogP contribution in [0, 0.1) is 6.92 Å². The molecule has 0 fully saturated rings. The fourth-order valence-corrected chi connectivity index (χ4v) is 1.05. The Bertz CT molecular complexity index is 300. The van der Waals surface area contributed by atoms with Crippen LogP contribution in [0.15, 0.2) is 6.07 Å². The Labute approximate surface area is 77.5 Å². The molecule has 0 radical (unpaired) electrons. The first-order valence-corrected chi connectivity index (χ1v) is 4.06. The molecule has 68 valence electrons.